The van der Waals surface area contributed by atoms with Gasteiger partial charge >= 0.3 is 0 Å². The summed E-state index contributed by atoms with van der Waals surface area (Å²) < 4.78 is 28.5. The molecule has 0 aliphatic rings. The molecule has 0 saturated heterocycles. The molecule has 35 heavy (non-hydrogen) atoms. The van der Waals surface area contributed by atoms with E-state index in [0.717, 1.165) is 22.3 Å². The van der Waals surface area contributed by atoms with Gasteiger partial charge in [0.2, 0.25) is 5.91 Å². The minimum atomic E-state index is -3.98. The minimum Gasteiger partial charge on any atom is -0.344 e. The normalized spacial score (nSPS) is 11.3. The number of nitrogens with one attached hydrogen (secondary N) is 1. The molecule has 4 aromatic carbocycles. The van der Waals surface area contributed by atoms with E-state index in [1.54, 1.807) is 42.5 Å². The SMILES string of the molecule is Cc1ccc(S(=O)(=O)N(CC(=O)NC(c2ccccc2)c2ccccc2)c2cccc(C)c2)cc1. The average molecular weight is 485 g/mol. The van der Waals surface area contributed by atoms with Crippen molar-refractivity contribution in [3.8, 4) is 0 Å². The lowest BCUT2D eigenvalue weighted by molar-refractivity contribution is -0.120. The summed E-state index contributed by atoms with van der Waals surface area (Å²) in [6.07, 6.45) is 0. The van der Waals surface area contributed by atoms with Crippen molar-refractivity contribution in [3.05, 3.63) is 131 Å². The first kappa shape index (κ1) is 24.2. The van der Waals surface area contributed by atoms with Crippen LogP contribution in [0.1, 0.15) is 28.3 Å². The van der Waals surface area contributed by atoms with Crippen LogP contribution in [0, 0.1) is 13.8 Å². The van der Waals surface area contributed by atoms with Gasteiger partial charge in [-0.3, -0.25) is 9.10 Å². The first-order valence-electron chi connectivity index (χ1n) is 11.4. The Labute approximate surface area is 207 Å². The maximum absolute atomic E-state index is 13.7. The van der Waals surface area contributed by atoms with E-state index in [4.69, 9.17) is 0 Å². The first-order valence-corrected chi connectivity index (χ1v) is 12.8. The average Bonchev–Trinajstić information content (AvgIpc) is 2.87. The van der Waals surface area contributed by atoms with Crippen LogP contribution in [-0.2, 0) is 14.8 Å². The van der Waals surface area contributed by atoms with Crippen LogP contribution in [0.15, 0.2) is 114 Å². The second-order valence-corrected chi connectivity index (χ2v) is 10.3. The van der Waals surface area contributed by atoms with Crippen molar-refractivity contribution in [2.45, 2.75) is 24.8 Å². The number of aryl methyl sites for hydroxylation is 2. The van der Waals surface area contributed by atoms with E-state index in [0.29, 0.717) is 5.69 Å². The zero-order valence-corrected chi connectivity index (χ0v) is 20.6. The van der Waals surface area contributed by atoms with Crippen molar-refractivity contribution in [2.24, 2.45) is 0 Å². The van der Waals surface area contributed by atoms with Crippen molar-refractivity contribution in [3.63, 3.8) is 0 Å². The number of nitrogens with zero attached hydrogens (tertiary/aromatic N) is 1. The first-order chi connectivity index (χ1) is 16.8. The third-order valence-electron chi connectivity index (χ3n) is 5.76. The Morgan fingerprint density at radius 3 is 1.86 bits per heavy atom. The number of benzene rings is 4. The molecule has 0 spiro atoms. The van der Waals surface area contributed by atoms with Crippen LogP contribution in [0.25, 0.3) is 0 Å². The highest BCUT2D eigenvalue weighted by atomic mass is 32.2. The van der Waals surface area contributed by atoms with Gasteiger partial charge in [-0.05, 0) is 54.8 Å². The lowest BCUT2D eigenvalue weighted by Gasteiger charge is -2.26. The fourth-order valence-corrected chi connectivity index (χ4v) is 5.34. The molecule has 0 atom stereocenters. The molecule has 0 fully saturated rings. The molecule has 6 heteroatoms. The van der Waals surface area contributed by atoms with E-state index in [1.165, 1.54) is 4.31 Å². The third kappa shape index (κ3) is 5.78. The number of anilines is 1. The molecule has 5 nitrogen and oxygen atoms in total. The van der Waals surface area contributed by atoms with Gasteiger partial charge in [-0.25, -0.2) is 8.42 Å². The topological polar surface area (TPSA) is 66.5 Å². The van der Waals surface area contributed by atoms with Gasteiger partial charge in [-0.15, -0.1) is 0 Å². The second-order valence-electron chi connectivity index (χ2n) is 8.49. The molecule has 0 aliphatic carbocycles. The molecule has 4 aromatic rings. The van der Waals surface area contributed by atoms with Crippen molar-refractivity contribution in [2.75, 3.05) is 10.8 Å². The molecule has 4 rings (SSSR count). The molecular weight excluding hydrogens is 456 g/mol. The molecule has 1 N–H and O–H groups in total. The van der Waals surface area contributed by atoms with E-state index in [2.05, 4.69) is 5.32 Å². The van der Waals surface area contributed by atoms with E-state index in [-0.39, 0.29) is 11.4 Å². The predicted molar refractivity (Wildman–Crippen MR) is 140 cm³/mol. The molecule has 1 amide bonds. The van der Waals surface area contributed by atoms with Crippen LogP contribution < -0.4 is 9.62 Å². The molecular formula is C29H28N2O3S. The highest BCUT2D eigenvalue weighted by Crippen LogP contribution is 2.26. The number of hydrogen-bond acceptors (Lipinski definition) is 3. The number of sulfonamides is 1. The standard InChI is InChI=1S/C29H28N2O3S/c1-22-16-18-27(19-17-22)35(33,34)31(26-15-9-10-23(2)20-26)21-28(32)30-29(24-11-5-3-6-12-24)25-13-7-4-8-14-25/h3-20,29H,21H2,1-2H3,(H,30,32). The third-order valence-corrected chi connectivity index (χ3v) is 7.55. The summed E-state index contributed by atoms with van der Waals surface area (Å²) in [7, 11) is -3.98. The number of carbonyl (C=O) groups excluding carboxylic acids is 1. The van der Waals surface area contributed by atoms with Gasteiger partial charge < -0.3 is 5.32 Å². The quantitative estimate of drug-likeness (QED) is 0.364. The zero-order chi connectivity index (χ0) is 24.8. The van der Waals surface area contributed by atoms with Gasteiger partial charge in [-0.2, -0.15) is 0 Å². The van der Waals surface area contributed by atoms with Crippen LogP contribution >= 0.6 is 0 Å². The van der Waals surface area contributed by atoms with E-state index >= 15 is 0 Å². The lowest BCUT2D eigenvalue weighted by Crippen LogP contribution is -2.42. The van der Waals surface area contributed by atoms with Crippen LogP contribution in [0.4, 0.5) is 5.69 Å². The molecule has 0 aromatic heterocycles. The number of hydrogen-bond donors (Lipinski definition) is 1. The molecule has 178 valence electrons. The lowest BCUT2D eigenvalue weighted by atomic mass is 9.99. The van der Waals surface area contributed by atoms with Crippen molar-refractivity contribution < 1.29 is 13.2 Å². The fraction of sp³-hybridized carbons (Fsp3) is 0.138. The molecule has 0 aliphatic heterocycles. The highest BCUT2D eigenvalue weighted by molar-refractivity contribution is 7.92. The highest BCUT2D eigenvalue weighted by Gasteiger charge is 2.28. The van der Waals surface area contributed by atoms with Gasteiger partial charge in [0.15, 0.2) is 0 Å². The minimum absolute atomic E-state index is 0.139. The van der Waals surface area contributed by atoms with Gasteiger partial charge in [-0.1, -0.05) is 90.5 Å². The maximum atomic E-state index is 13.7. The van der Waals surface area contributed by atoms with Crippen LogP contribution in [0.3, 0.4) is 0 Å². The Morgan fingerprint density at radius 1 is 0.743 bits per heavy atom. The maximum Gasteiger partial charge on any atom is 0.264 e. The Balaban J connectivity index is 1.68. The second kappa shape index (κ2) is 10.6. The summed E-state index contributed by atoms with van der Waals surface area (Å²) in [4.78, 5) is 13.5. The Hall–Kier alpha value is -3.90. The largest absolute Gasteiger partial charge is 0.344 e. The number of amides is 1. The predicted octanol–water partition coefficient (Wildman–Crippen LogP) is 5.40. The summed E-state index contributed by atoms with van der Waals surface area (Å²) in [5.74, 6) is -0.403. The van der Waals surface area contributed by atoms with Crippen LogP contribution in [0.5, 0.6) is 0 Å². The van der Waals surface area contributed by atoms with Gasteiger partial charge in [0.05, 0.1) is 16.6 Å². The van der Waals surface area contributed by atoms with E-state index < -0.39 is 22.0 Å². The molecule has 0 unspecified atom stereocenters. The van der Waals surface area contributed by atoms with Crippen LogP contribution in [-0.4, -0.2) is 20.9 Å². The van der Waals surface area contributed by atoms with Crippen molar-refractivity contribution in [1.29, 1.82) is 0 Å². The Bertz CT molecular complexity index is 1350. The summed E-state index contributed by atoms with van der Waals surface area (Å²) in [5, 5.41) is 3.05. The summed E-state index contributed by atoms with van der Waals surface area (Å²) >= 11 is 0. The van der Waals surface area contributed by atoms with Gasteiger partial charge in [0.1, 0.15) is 6.54 Å². The van der Waals surface area contributed by atoms with E-state index in [9.17, 15) is 13.2 Å². The molecule has 0 radical (unpaired) electrons. The summed E-state index contributed by atoms with van der Waals surface area (Å²) in [6.45, 7) is 3.44. The zero-order valence-electron chi connectivity index (χ0n) is 19.8. The number of carbonyl (C=O) groups is 1. The van der Waals surface area contributed by atoms with Crippen molar-refractivity contribution >= 4 is 21.6 Å². The summed E-state index contributed by atoms with van der Waals surface area (Å²) in [5.41, 5.74) is 4.12. The van der Waals surface area contributed by atoms with Gasteiger partial charge in [0.25, 0.3) is 10.0 Å². The van der Waals surface area contributed by atoms with Crippen LogP contribution in [0.2, 0.25) is 0 Å². The smallest absolute Gasteiger partial charge is 0.264 e. The fourth-order valence-electron chi connectivity index (χ4n) is 3.92. The van der Waals surface area contributed by atoms with Gasteiger partial charge in [0, 0.05) is 0 Å². The molecule has 0 bridgehead atoms. The van der Waals surface area contributed by atoms with E-state index in [1.807, 2.05) is 80.6 Å². The number of rotatable bonds is 8. The Morgan fingerprint density at radius 2 is 1.31 bits per heavy atom. The molecule has 0 saturated carbocycles. The summed E-state index contributed by atoms with van der Waals surface area (Å²) in [6, 6.07) is 32.7. The monoisotopic (exact) mass is 484 g/mol. The van der Waals surface area contributed by atoms with Crippen molar-refractivity contribution in [1.82, 2.24) is 5.32 Å². The Kier molecular flexibility index (Phi) is 7.32. The molecule has 0 heterocycles.